The minimum absolute atomic E-state index is 0.171. The van der Waals surface area contributed by atoms with E-state index in [4.69, 9.17) is 0 Å². The number of carbonyl (C=O) groups is 2. The third-order valence-corrected chi connectivity index (χ3v) is 0.868. The van der Waals surface area contributed by atoms with Crippen molar-refractivity contribution in [3.63, 3.8) is 0 Å². The number of carbonyl (C=O) groups excluding carboxylic acids is 2. The first-order valence-corrected chi connectivity index (χ1v) is 3.48. The fourth-order valence-corrected chi connectivity index (χ4v) is 0.424. The molecule has 0 fully saturated rings. The lowest BCUT2D eigenvalue weighted by Crippen LogP contribution is -2.09. The van der Waals surface area contributed by atoms with Gasteiger partial charge >= 0.3 is 5.97 Å². The Morgan fingerprint density at radius 1 is 1.36 bits per heavy atom. The minimum Gasteiger partial charge on any atom is -0.298 e. The van der Waals surface area contributed by atoms with Crippen LogP contribution in [0.25, 0.3) is 0 Å². The van der Waals surface area contributed by atoms with Crippen molar-refractivity contribution in [3.8, 4) is 0 Å². The molecular weight excluding hydrogens is 148 g/mol. The van der Waals surface area contributed by atoms with Gasteiger partial charge in [-0.15, -0.1) is 0 Å². The SMILES string of the molecule is CCCC(=O)OOCC(C)=O. The normalized spacial score (nSPS) is 9.27. The van der Waals surface area contributed by atoms with Crippen molar-refractivity contribution < 1.29 is 19.4 Å². The summed E-state index contributed by atoms with van der Waals surface area (Å²) >= 11 is 0. The predicted molar refractivity (Wildman–Crippen MR) is 37.6 cm³/mol. The highest BCUT2D eigenvalue weighted by Gasteiger charge is 2.02. The number of hydrogen-bond acceptors (Lipinski definition) is 4. The summed E-state index contributed by atoms with van der Waals surface area (Å²) in [5.74, 6) is -0.608. The summed E-state index contributed by atoms with van der Waals surface area (Å²) < 4.78 is 0. The first-order valence-electron chi connectivity index (χ1n) is 3.48. The second-order valence-corrected chi connectivity index (χ2v) is 2.17. The van der Waals surface area contributed by atoms with Crippen LogP contribution in [-0.2, 0) is 19.4 Å². The Hall–Kier alpha value is -0.900. The van der Waals surface area contributed by atoms with Crippen LogP contribution >= 0.6 is 0 Å². The molecule has 0 radical (unpaired) electrons. The van der Waals surface area contributed by atoms with Crippen LogP contribution in [0.15, 0.2) is 0 Å². The highest BCUT2D eigenvalue weighted by Crippen LogP contribution is 1.91. The Morgan fingerprint density at radius 2 is 2.00 bits per heavy atom. The molecule has 0 heterocycles. The Kier molecular flexibility index (Phi) is 5.37. The van der Waals surface area contributed by atoms with Crippen LogP contribution in [0.3, 0.4) is 0 Å². The molecule has 0 aliphatic carbocycles. The van der Waals surface area contributed by atoms with Crippen LogP contribution in [-0.4, -0.2) is 18.4 Å². The summed E-state index contributed by atoms with van der Waals surface area (Å²) in [7, 11) is 0. The van der Waals surface area contributed by atoms with Gasteiger partial charge in [0.05, 0.1) is 0 Å². The lowest BCUT2D eigenvalue weighted by molar-refractivity contribution is -0.267. The van der Waals surface area contributed by atoms with Crippen LogP contribution in [0.5, 0.6) is 0 Å². The lowest BCUT2D eigenvalue weighted by atomic mass is 10.3. The summed E-state index contributed by atoms with van der Waals surface area (Å²) in [6.45, 7) is 3.04. The van der Waals surface area contributed by atoms with Gasteiger partial charge in [0, 0.05) is 6.42 Å². The summed E-state index contributed by atoms with van der Waals surface area (Å²) in [5, 5.41) is 0. The van der Waals surface area contributed by atoms with Gasteiger partial charge in [-0.25, -0.2) is 4.79 Å². The third kappa shape index (κ3) is 6.99. The number of Topliss-reactive ketones (excluding diaryl/α,β-unsaturated/α-hetero) is 1. The molecule has 11 heavy (non-hydrogen) atoms. The van der Waals surface area contributed by atoms with Gasteiger partial charge in [-0.3, -0.25) is 9.68 Å². The van der Waals surface area contributed by atoms with Gasteiger partial charge in [0.25, 0.3) is 0 Å². The van der Waals surface area contributed by atoms with Crippen molar-refractivity contribution >= 4 is 11.8 Å². The van der Waals surface area contributed by atoms with E-state index in [0.717, 1.165) is 0 Å². The second kappa shape index (κ2) is 5.85. The lowest BCUT2D eigenvalue weighted by Gasteiger charge is -1.99. The Labute approximate surface area is 65.4 Å². The third-order valence-electron chi connectivity index (χ3n) is 0.868. The van der Waals surface area contributed by atoms with Crippen LogP contribution in [0.2, 0.25) is 0 Å². The quantitative estimate of drug-likeness (QED) is 0.442. The molecule has 0 N–H and O–H groups in total. The van der Waals surface area contributed by atoms with E-state index in [0.29, 0.717) is 12.8 Å². The largest absolute Gasteiger partial charge is 0.342 e. The molecule has 4 nitrogen and oxygen atoms in total. The molecule has 4 heteroatoms. The summed E-state index contributed by atoms with van der Waals surface area (Å²) in [5.41, 5.74) is 0. The van der Waals surface area contributed by atoms with Crippen LogP contribution in [0, 0.1) is 0 Å². The van der Waals surface area contributed by atoms with E-state index in [-0.39, 0.29) is 12.4 Å². The Balaban J connectivity index is 3.24. The van der Waals surface area contributed by atoms with Gasteiger partial charge in [0.2, 0.25) is 0 Å². The number of ketones is 1. The number of rotatable bonds is 5. The van der Waals surface area contributed by atoms with E-state index >= 15 is 0 Å². The average Bonchev–Trinajstić information content (AvgIpc) is 1.87. The molecule has 0 spiro atoms. The Morgan fingerprint density at radius 3 is 2.45 bits per heavy atom. The predicted octanol–water partition coefficient (Wildman–Crippen LogP) is 0.850. The number of hydrogen-bond donors (Lipinski definition) is 0. The maximum atomic E-state index is 10.6. The van der Waals surface area contributed by atoms with Crippen LogP contribution in [0.1, 0.15) is 26.7 Å². The molecule has 0 bridgehead atoms. The van der Waals surface area contributed by atoms with Gasteiger partial charge < -0.3 is 0 Å². The van der Waals surface area contributed by atoms with Crippen molar-refractivity contribution in [1.82, 2.24) is 0 Å². The molecule has 0 aliphatic rings. The van der Waals surface area contributed by atoms with Crippen molar-refractivity contribution in [3.05, 3.63) is 0 Å². The van der Waals surface area contributed by atoms with Crippen molar-refractivity contribution in [2.24, 2.45) is 0 Å². The molecule has 0 unspecified atom stereocenters. The fourth-order valence-electron chi connectivity index (χ4n) is 0.424. The smallest absolute Gasteiger partial charge is 0.298 e. The molecule has 0 aromatic carbocycles. The van der Waals surface area contributed by atoms with Gasteiger partial charge in [0.15, 0.2) is 12.4 Å². The second-order valence-electron chi connectivity index (χ2n) is 2.17. The maximum Gasteiger partial charge on any atom is 0.342 e. The Bertz CT molecular complexity index is 141. The zero-order chi connectivity index (χ0) is 8.69. The van der Waals surface area contributed by atoms with Crippen molar-refractivity contribution in [1.29, 1.82) is 0 Å². The molecule has 0 rings (SSSR count). The van der Waals surface area contributed by atoms with E-state index in [1.54, 1.807) is 0 Å². The van der Waals surface area contributed by atoms with Crippen molar-refractivity contribution in [2.45, 2.75) is 26.7 Å². The maximum absolute atomic E-state index is 10.6. The molecule has 0 saturated heterocycles. The molecule has 0 aliphatic heterocycles. The summed E-state index contributed by atoms with van der Waals surface area (Å²) in [6.07, 6.45) is 1.03. The van der Waals surface area contributed by atoms with Gasteiger partial charge in [0.1, 0.15) is 0 Å². The molecule has 0 amide bonds. The molecule has 64 valence electrons. The van der Waals surface area contributed by atoms with Gasteiger partial charge in [-0.05, 0) is 13.3 Å². The van der Waals surface area contributed by atoms with E-state index in [1.807, 2.05) is 6.92 Å². The van der Waals surface area contributed by atoms with E-state index in [2.05, 4.69) is 9.78 Å². The zero-order valence-electron chi connectivity index (χ0n) is 6.75. The molecule has 0 aromatic rings. The van der Waals surface area contributed by atoms with Crippen LogP contribution in [0.4, 0.5) is 0 Å². The first kappa shape index (κ1) is 10.1. The average molecular weight is 160 g/mol. The van der Waals surface area contributed by atoms with E-state index in [9.17, 15) is 9.59 Å². The molecule has 0 aromatic heterocycles. The van der Waals surface area contributed by atoms with Crippen LogP contribution < -0.4 is 0 Å². The minimum atomic E-state index is -0.436. The van der Waals surface area contributed by atoms with Crippen molar-refractivity contribution in [2.75, 3.05) is 6.61 Å². The van der Waals surface area contributed by atoms with E-state index < -0.39 is 5.97 Å². The zero-order valence-corrected chi connectivity index (χ0v) is 6.75. The molecular formula is C7H12O4. The monoisotopic (exact) mass is 160 g/mol. The van der Waals surface area contributed by atoms with E-state index in [1.165, 1.54) is 6.92 Å². The molecule has 0 atom stereocenters. The summed E-state index contributed by atoms with van der Waals surface area (Å²) in [6, 6.07) is 0. The van der Waals surface area contributed by atoms with Gasteiger partial charge in [-0.2, -0.15) is 4.89 Å². The highest BCUT2D eigenvalue weighted by molar-refractivity contribution is 5.76. The topological polar surface area (TPSA) is 52.6 Å². The summed E-state index contributed by atoms with van der Waals surface area (Å²) in [4.78, 5) is 29.4. The van der Waals surface area contributed by atoms with Gasteiger partial charge in [-0.1, -0.05) is 6.92 Å². The molecule has 0 saturated carbocycles. The fraction of sp³-hybridized carbons (Fsp3) is 0.714. The standard InChI is InChI=1S/C7H12O4/c1-3-4-7(9)11-10-5-6(2)8/h3-5H2,1-2H3. The first-order chi connectivity index (χ1) is 5.16. The highest BCUT2D eigenvalue weighted by atomic mass is 17.2.